The highest BCUT2D eigenvalue weighted by molar-refractivity contribution is 6.06. The third-order valence-electron chi connectivity index (χ3n) is 5.33. The van der Waals surface area contributed by atoms with Gasteiger partial charge in [-0.3, -0.25) is 4.79 Å². The Kier molecular flexibility index (Phi) is 6.50. The Balaban J connectivity index is 1.61. The summed E-state index contributed by atoms with van der Waals surface area (Å²) in [5.74, 6) is 0.0107. The minimum absolute atomic E-state index is 0.0628. The Morgan fingerprint density at radius 2 is 1.55 bits per heavy atom. The summed E-state index contributed by atoms with van der Waals surface area (Å²) >= 11 is 0. The van der Waals surface area contributed by atoms with Gasteiger partial charge in [0, 0.05) is 35.8 Å². The summed E-state index contributed by atoms with van der Waals surface area (Å²) in [5.41, 5.74) is 9.99. The number of carbonyl (C=O) groups excluding carboxylic acids is 2. The summed E-state index contributed by atoms with van der Waals surface area (Å²) in [6, 6.07) is 24.9. The number of nitrogens with zero attached hydrogens (tertiary/aromatic N) is 2. The monoisotopic (exact) mass is 440 g/mol. The number of hydrogen-bond acceptors (Lipinski definition) is 3. The van der Waals surface area contributed by atoms with Crippen molar-refractivity contribution in [1.29, 1.82) is 0 Å². The molecule has 0 fully saturated rings. The fourth-order valence-electron chi connectivity index (χ4n) is 3.63. The lowest BCUT2D eigenvalue weighted by atomic mass is 10.1. The number of ether oxygens (including phenoxy) is 1. The predicted octanol–water partition coefficient (Wildman–Crippen LogP) is 4.48. The van der Waals surface area contributed by atoms with Crippen LogP contribution in [0.5, 0.6) is 0 Å². The van der Waals surface area contributed by atoms with Gasteiger partial charge in [-0.1, -0.05) is 72.8 Å². The third-order valence-corrected chi connectivity index (χ3v) is 5.33. The van der Waals surface area contributed by atoms with Crippen molar-refractivity contribution in [2.75, 3.05) is 7.11 Å². The van der Waals surface area contributed by atoms with Crippen LogP contribution < -0.4 is 5.73 Å². The molecular formula is C26H24N4O3. The van der Waals surface area contributed by atoms with Crippen LogP contribution in [-0.2, 0) is 17.8 Å². The molecule has 0 aliphatic carbocycles. The average Bonchev–Trinajstić information content (AvgIpc) is 3.28. The molecule has 0 saturated heterocycles. The molecule has 0 bridgehead atoms. The second-order valence-corrected chi connectivity index (χ2v) is 7.56. The predicted molar refractivity (Wildman–Crippen MR) is 128 cm³/mol. The summed E-state index contributed by atoms with van der Waals surface area (Å²) in [7, 11) is 1.24. The summed E-state index contributed by atoms with van der Waals surface area (Å²) in [6.45, 7) is 0.869. The molecule has 3 aromatic carbocycles. The van der Waals surface area contributed by atoms with Crippen molar-refractivity contribution in [3.8, 4) is 0 Å². The first kappa shape index (κ1) is 21.8. The zero-order valence-electron chi connectivity index (χ0n) is 18.2. The van der Waals surface area contributed by atoms with Crippen molar-refractivity contribution < 1.29 is 14.3 Å². The van der Waals surface area contributed by atoms with E-state index in [1.807, 2.05) is 71.6 Å². The number of nitrogens with one attached hydrogen (secondary N) is 1. The molecule has 2 amide bonds. The first-order chi connectivity index (χ1) is 16.0. The number of aromatic nitrogens is 1. The SMILES string of the molecule is COC(=O)N=C(N)c1ccc(CN(Cc2ccccc2)C(=O)c2c[nH]c3ccccc23)cc1. The minimum atomic E-state index is -0.755. The average molecular weight is 441 g/mol. The summed E-state index contributed by atoms with van der Waals surface area (Å²) in [6.07, 6.45) is 1.01. The van der Waals surface area contributed by atoms with Crippen LogP contribution in [0.4, 0.5) is 4.79 Å². The van der Waals surface area contributed by atoms with Crippen molar-refractivity contribution in [3.63, 3.8) is 0 Å². The molecule has 0 saturated carbocycles. The maximum absolute atomic E-state index is 13.6. The Morgan fingerprint density at radius 3 is 2.24 bits per heavy atom. The van der Waals surface area contributed by atoms with Gasteiger partial charge in [-0.15, -0.1) is 0 Å². The highest BCUT2D eigenvalue weighted by Crippen LogP contribution is 2.22. The van der Waals surface area contributed by atoms with Gasteiger partial charge in [0.15, 0.2) is 0 Å². The lowest BCUT2D eigenvalue weighted by Gasteiger charge is -2.23. The number of carbonyl (C=O) groups is 2. The lowest BCUT2D eigenvalue weighted by Crippen LogP contribution is -2.30. The van der Waals surface area contributed by atoms with Gasteiger partial charge in [-0.2, -0.15) is 4.99 Å². The quantitative estimate of drug-likeness (QED) is 0.341. The second-order valence-electron chi connectivity index (χ2n) is 7.56. The Bertz CT molecular complexity index is 1290. The molecule has 0 spiro atoms. The number of aliphatic imine (C=N–C) groups is 1. The molecule has 0 aliphatic heterocycles. The van der Waals surface area contributed by atoms with Crippen molar-refractivity contribution in [2.24, 2.45) is 10.7 Å². The molecule has 4 aromatic rings. The van der Waals surface area contributed by atoms with Gasteiger partial charge in [0.25, 0.3) is 5.91 Å². The molecular weight excluding hydrogens is 416 g/mol. The summed E-state index contributed by atoms with van der Waals surface area (Å²) in [5, 5.41) is 0.891. The molecule has 33 heavy (non-hydrogen) atoms. The van der Waals surface area contributed by atoms with Crippen LogP contribution in [-0.4, -0.2) is 34.8 Å². The topological polar surface area (TPSA) is 101 Å². The molecule has 166 valence electrons. The molecule has 0 unspecified atom stereocenters. The van der Waals surface area contributed by atoms with Crippen molar-refractivity contribution in [2.45, 2.75) is 13.1 Å². The first-order valence-corrected chi connectivity index (χ1v) is 10.5. The molecule has 1 heterocycles. The van der Waals surface area contributed by atoms with Crippen LogP contribution >= 0.6 is 0 Å². The summed E-state index contributed by atoms with van der Waals surface area (Å²) in [4.78, 5) is 33.6. The van der Waals surface area contributed by atoms with E-state index in [4.69, 9.17) is 5.73 Å². The molecule has 0 atom stereocenters. The molecule has 4 rings (SSSR count). The standard InChI is InChI=1S/C26H24N4O3/c1-33-26(32)29-24(27)20-13-11-19(12-14-20)17-30(16-18-7-3-2-4-8-18)25(31)22-15-28-23-10-6-5-9-21(22)23/h2-15,28H,16-17H2,1H3,(H2,27,29,32). The van der Waals surface area contributed by atoms with Crippen LogP contribution in [0.25, 0.3) is 10.9 Å². The van der Waals surface area contributed by atoms with E-state index in [0.717, 1.165) is 22.0 Å². The van der Waals surface area contributed by atoms with E-state index >= 15 is 0 Å². The Labute approximate surface area is 191 Å². The maximum Gasteiger partial charge on any atom is 0.435 e. The number of amides is 2. The van der Waals surface area contributed by atoms with E-state index in [-0.39, 0.29) is 11.7 Å². The second kappa shape index (κ2) is 9.82. The number of nitrogens with two attached hydrogens (primary N) is 1. The fraction of sp³-hybridized carbons (Fsp3) is 0.115. The highest BCUT2D eigenvalue weighted by Gasteiger charge is 2.20. The van der Waals surface area contributed by atoms with Gasteiger partial charge in [0.2, 0.25) is 0 Å². The zero-order valence-corrected chi connectivity index (χ0v) is 18.2. The Hall–Kier alpha value is -4.39. The van der Waals surface area contributed by atoms with E-state index in [0.29, 0.717) is 24.2 Å². The smallest absolute Gasteiger partial charge is 0.435 e. The molecule has 0 aliphatic rings. The Morgan fingerprint density at radius 1 is 0.909 bits per heavy atom. The summed E-state index contributed by atoms with van der Waals surface area (Å²) < 4.78 is 4.51. The third kappa shape index (κ3) is 5.10. The van der Waals surface area contributed by atoms with Gasteiger partial charge < -0.3 is 20.4 Å². The fourth-order valence-corrected chi connectivity index (χ4v) is 3.63. The number of benzene rings is 3. The molecule has 1 aromatic heterocycles. The minimum Gasteiger partial charge on any atom is -0.451 e. The normalized spacial score (nSPS) is 11.4. The van der Waals surface area contributed by atoms with Crippen molar-refractivity contribution >= 4 is 28.7 Å². The maximum atomic E-state index is 13.6. The van der Waals surface area contributed by atoms with E-state index < -0.39 is 6.09 Å². The molecule has 0 radical (unpaired) electrons. The number of methoxy groups -OCH3 is 1. The van der Waals surface area contributed by atoms with Gasteiger partial charge in [-0.05, 0) is 17.2 Å². The van der Waals surface area contributed by atoms with Crippen molar-refractivity contribution in [1.82, 2.24) is 9.88 Å². The number of amidine groups is 1. The molecule has 7 heteroatoms. The van der Waals surface area contributed by atoms with Crippen molar-refractivity contribution in [3.05, 3.63) is 107 Å². The number of hydrogen-bond donors (Lipinski definition) is 2. The van der Waals surface area contributed by atoms with Crippen LogP contribution in [0, 0.1) is 0 Å². The number of rotatable bonds is 6. The van der Waals surface area contributed by atoms with Crippen LogP contribution in [0.2, 0.25) is 0 Å². The number of fused-ring (bicyclic) bond motifs is 1. The van der Waals surface area contributed by atoms with Crippen LogP contribution in [0.1, 0.15) is 27.0 Å². The van der Waals surface area contributed by atoms with Gasteiger partial charge in [-0.25, -0.2) is 4.79 Å². The van der Waals surface area contributed by atoms with Gasteiger partial charge in [0.1, 0.15) is 5.84 Å². The van der Waals surface area contributed by atoms with E-state index in [2.05, 4.69) is 14.7 Å². The largest absolute Gasteiger partial charge is 0.451 e. The number of H-pyrrole nitrogens is 1. The molecule has 3 N–H and O–H groups in total. The number of para-hydroxylation sites is 1. The van der Waals surface area contributed by atoms with E-state index in [1.54, 1.807) is 18.3 Å². The molecule has 7 nitrogen and oxygen atoms in total. The lowest BCUT2D eigenvalue weighted by molar-refractivity contribution is 0.0732. The number of aromatic amines is 1. The first-order valence-electron chi connectivity index (χ1n) is 10.5. The van der Waals surface area contributed by atoms with Crippen LogP contribution in [0.15, 0.2) is 90.1 Å². The highest BCUT2D eigenvalue weighted by atomic mass is 16.5. The van der Waals surface area contributed by atoms with Gasteiger partial charge >= 0.3 is 6.09 Å². The van der Waals surface area contributed by atoms with Gasteiger partial charge in [0.05, 0.1) is 12.7 Å². The van der Waals surface area contributed by atoms with E-state index in [9.17, 15) is 9.59 Å². The van der Waals surface area contributed by atoms with E-state index in [1.165, 1.54) is 7.11 Å². The zero-order chi connectivity index (χ0) is 23.2. The van der Waals surface area contributed by atoms with Crippen LogP contribution in [0.3, 0.4) is 0 Å².